The van der Waals surface area contributed by atoms with Gasteiger partial charge in [0, 0.05) is 36.3 Å². The SMILES string of the molecule is CC(C)(O)c1cc2nc(C3CCN(Cc4ccccc4C4CCC(=O)NC4=O)CC3)sc2cc1NC(=O)c1ccc(C(F)(F)F)nc1. The molecular weight excluding hydrogens is 631 g/mol. The number of piperidine rings is 2. The molecule has 0 aliphatic carbocycles. The first kappa shape index (κ1) is 32.7. The van der Waals surface area contributed by atoms with E-state index in [1.807, 2.05) is 24.3 Å². The summed E-state index contributed by atoms with van der Waals surface area (Å²) < 4.78 is 39.6. The van der Waals surface area contributed by atoms with E-state index in [9.17, 15) is 32.7 Å². The number of anilines is 1. The Hall–Kier alpha value is -4.20. The number of nitrogens with one attached hydrogen (secondary N) is 2. The lowest BCUT2D eigenvalue weighted by Crippen LogP contribution is -2.40. The van der Waals surface area contributed by atoms with Crippen LogP contribution in [0.2, 0.25) is 0 Å². The average molecular weight is 666 g/mol. The molecule has 4 aromatic rings. The summed E-state index contributed by atoms with van der Waals surface area (Å²) in [4.78, 5) is 47.8. The van der Waals surface area contributed by atoms with Crippen LogP contribution in [0.25, 0.3) is 10.2 Å². The normalized spacial score (nSPS) is 18.4. The fourth-order valence-corrected chi connectivity index (χ4v) is 7.41. The Morgan fingerprint density at radius 2 is 1.83 bits per heavy atom. The lowest BCUT2D eigenvalue weighted by molar-refractivity contribution is -0.141. The number of alkyl halides is 3. The third-order valence-corrected chi connectivity index (χ3v) is 9.95. The summed E-state index contributed by atoms with van der Waals surface area (Å²) in [6, 6.07) is 13.2. The highest BCUT2D eigenvalue weighted by molar-refractivity contribution is 7.18. The third-order valence-electron chi connectivity index (χ3n) is 8.77. The summed E-state index contributed by atoms with van der Waals surface area (Å²) in [5, 5.41) is 17.1. The zero-order valence-corrected chi connectivity index (χ0v) is 26.7. The smallest absolute Gasteiger partial charge is 0.386 e. The number of hydrogen-bond acceptors (Lipinski definition) is 8. The number of nitrogens with zero attached hydrogens (tertiary/aromatic N) is 3. The van der Waals surface area contributed by atoms with Gasteiger partial charge in [0.2, 0.25) is 11.8 Å². The van der Waals surface area contributed by atoms with Crippen molar-refractivity contribution in [2.45, 2.75) is 69.7 Å². The Kier molecular flexibility index (Phi) is 8.90. The second-order valence-corrected chi connectivity index (χ2v) is 13.7. The minimum atomic E-state index is -4.61. The van der Waals surface area contributed by atoms with Gasteiger partial charge in [0.05, 0.1) is 32.3 Å². The van der Waals surface area contributed by atoms with Gasteiger partial charge in [0.1, 0.15) is 5.69 Å². The van der Waals surface area contributed by atoms with Gasteiger partial charge in [0.25, 0.3) is 5.91 Å². The monoisotopic (exact) mass is 665 g/mol. The Bertz CT molecular complexity index is 1830. The van der Waals surface area contributed by atoms with E-state index in [1.165, 1.54) is 11.3 Å². The number of thiazole rings is 1. The van der Waals surface area contributed by atoms with Gasteiger partial charge in [-0.25, -0.2) is 4.98 Å². The van der Waals surface area contributed by atoms with Crippen LogP contribution in [0.3, 0.4) is 0 Å². The van der Waals surface area contributed by atoms with E-state index in [4.69, 9.17) is 4.98 Å². The topological polar surface area (TPSA) is 125 Å². The summed E-state index contributed by atoms with van der Waals surface area (Å²) in [5.74, 6) is -1.23. The first-order valence-electron chi connectivity index (χ1n) is 15.4. The molecule has 47 heavy (non-hydrogen) atoms. The van der Waals surface area contributed by atoms with Gasteiger partial charge < -0.3 is 10.4 Å². The van der Waals surface area contributed by atoms with Crippen LogP contribution in [0, 0.1) is 0 Å². The van der Waals surface area contributed by atoms with E-state index in [1.54, 1.807) is 26.0 Å². The molecule has 0 spiro atoms. The van der Waals surface area contributed by atoms with E-state index >= 15 is 0 Å². The molecule has 3 amide bonds. The number of benzene rings is 2. The second-order valence-electron chi connectivity index (χ2n) is 12.6. The summed E-state index contributed by atoms with van der Waals surface area (Å²) in [6.45, 7) is 5.55. The van der Waals surface area contributed by atoms with Crippen LogP contribution in [-0.4, -0.2) is 50.8 Å². The average Bonchev–Trinajstić information content (AvgIpc) is 3.44. The molecule has 2 aliphatic rings. The van der Waals surface area contributed by atoms with Crippen molar-refractivity contribution in [1.29, 1.82) is 0 Å². The third kappa shape index (κ3) is 7.21. The van der Waals surface area contributed by atoms with Gasteiger partial charge in [-0.1, -0.05) is 24.3 Å². The number of pyridine rings is 1. The quantitative estimate of drug-likeness (QED) is 0.204. The lowest BCUT2D eigenvalue weighted by atomic mass is 9.87. The van der Waals surface area contributed by atoms with Crippen molar-refractivity contribution in [2.24, 2.45) is 0 Å². The Morgan fingerprint density at radius 3 is 2.49 bits per heavy atom. The number of aliphatic hydroxyl groups is 1. The predicted octanol–water partition coefficient (Wildman–Crippen LogP) is 6.09. The summed E-state index contributed by atoms with van der Waals surface area (Å²) in [7, 11) is 0. The number of imide groups is 1. The molecule has 3 N–H and O–H groups in total. The molecule has 2 aromatic heterocycles. The van der Waals surface area contributed by atoms with Gasteiger partial charge in [-0.15, -0.1) is 11.3 Å². The number of likely N-dealkylation sites (tertiary alicyclic amines) is 1. The van der Waals surface area contributed by atoms with Gasteiger partial charge in [0.15, 0.2) is 0 Å². The fraction of sp³-hybridized carbons (Fsp3) is 0.382. The van der Waals surface area contributed by atoms with Crippen LogP contribution in [0.4, 0.5) is 18.9 Å². The van der Waals surface area contributed by atoms with Crippen molar-refractivity contribution >= 4 is 45.0 Å². The van der Waals surface area contributed by atoms with E-state index in [0.29, 0.717) is 36.2 Å². The standard InChI is InChI=1S/C34H34F3N5O4S/c1-33(2,46)24-15-26-27(16-25(24)39-30(44)20-7-9-28(38-17-20)34(35,36)37)47-32(40-26)19-11-13-42(14-12-19)18-21-5-3-4-6-22(21)23-8-10-29(43)41-31(23)45/h3-7,9,15-17,19,23,46H,8,10-14,18H2,1-2H3,(H,39,44)(H,41,43,45). The molecule has 1 unspecified atom stereocenters. The van der Waals surface area contributed by atoms with Crippen molar-refractivity contribution in [3.05, 3.63) is 87.7 Å². The van der Waals surface area contributed by atoms with E-state index < -0.39 is 23.4 Å². The van der Waals surface area contributed by atoms with Crippen LogP contribution < -0.4 is 10.6 Å². The number of hydrogen-bond donors (Lipinski definition) is 3. The number of rotatable bonds is 7. The number of carbonyl (C=O) groups excluding carboxylic acids is 3. The molecule has 4 heterocycles. The van der Waals surface area contributed by atoms with E-state index in [0.717, 1.165) is 65.1 Å². The minimum Gasteiger partial charge on any atom is -0.386 e. The summed E-state index contributed by atoms with van der Waals surface area (Å²) in [5.41, 5.74) is 1.04. The maximum Gasteiger partial charge on any atom is 0.433 e. The fourth-order valence-electron chi connectivity index (χ4n) is 6.25. The number of aromatic nitrogens is 2. The molecule has 0 saturated carbocycles. The molecule has 13 heteroatoms. The van der Waals surface area contributed by atoms with E-state index in [-0.39, 0.29) is 29.2 Å². The zero-order chi connectivity index (χ0) is 33.5. The van der Waals surface area contributed by atoms with Gasteiger partial charge in [-0.3, -0.25) is 29.6 Å². The Labute approximate surface area is 273 Å². The Balaban J connectivity index is 1.16. The number of amides is 3. The molecule has 2 saturated heterocycles. The van der Waals surface area contributed by atoms with Crippen LogP contribution in [0.5, 0.6) is 0 Å². The van der Waals surface area contributed by atoms with Gasteiger partial charge >= 0.3 is 6.18 Å². The predicted molar refractivity (Wildman–Crippen MR) is 171 cm³/mol. The maximum absolute atomic E-state index is 13.0. The van der Waals surface area contributed by atoms with Crippen molar-refractivity contribution in [3.63, 3.8) is 0 Å². The molecule has 6 rings (SSSR count). The summed E-state index contributed by atoms with van der Waals surface area (Å²) in [6.07, 6.45) is -1.14. The highest BCUT2D eigenvalue weighted by Crippen LogP contribution is 2.39. The molecular formula is C34H34F3N5O4S. The Morgan fingerprint density at radius 1 is 1.09 bits per heavy atom. The van der Waals surface area contributed by atoms with Crippen molar-refractivity contribution < 1.29 is 32.7 Å². The first-order chi connectivity index (χ1) is 22.3. The highest BCUT2D eigenvalue weighted by Gasteiger charge is 2.33. The summed E-state index contributed by atoms with van der Waals surface area (Å²) >= 11 is 1.52. The number of halogens is 3. The number of fused-ring (bicyclic) bond motifs is 1. The highest BCUT2D eigenvalue weighted by atomic mass is 32.1. The van der Waals surface area contributed by atoms with Crippen molar-refractivity contribution in [1.82, 2.24) is 20.2 Å². The molecule has 2 aromatic carbocycles. The van der Waals surface area contributed by atoms with Gasteiger partial charge in [-0.2, -0.15) is 13.2 Å². The molecule has 2 fully saturated rings. The second kappa shape index (κ2) is 12.8. The zero-order valence-electron chi connectivity index (χ0n) is 25.9. The van der Waals surface area contributed by atoms with Crippen LogP contribution in [-0.2, 0) is 27.9 Å². The molecule has 246 valence electrons. The van der Waals surface area contributed by atoms with Crippen molar-refractivity contribution in [2.75, 3.05) is 18.4 Å². The van der Waals surface area contributed by atoms with Crippen LogP contribution in [0.1, 0.15) is 89.1 Å². The molecule has 2 aliphatic heterocycles. The molecule has 0 radical (unpaired) electrons. The first-order valence-corrected chi connectivity index (χ1v) is 16.2. The lowest BCUT2D eigenvalue weighted by Gasteiger charge is -2.32. The van der Waals surface area contributed by atoms with Gasteiger partial charge in [-0.05, 0) is 81.6 Å². The van der Waals surface area contributed by atoms with Crippen LogP contribution >= 0.6 is 11.3 Å². The minimum absolute atomic E-state index is 0.0451. The molecule has 0 bridgehead atoms. The number of carbonyl (C=O) groups is 3. The molecule has 1 atom stereocenters. The van der Waals surface area contributed by atoms with Crippen molar-refractivity contribution in [3.8, 4) is 0 Å². The van der Waals surface area contributed by atoms with E-state index in [2.05, 4.69) is 20.5 Å². The largest absolute Gasteiger partial charge is 0.433 e. The molecule has 9 nitrogen and oxygen atoms in total. The maximum atomic E-state index is 13.0. The van der Waals surface area contributed by atoms with Crippen LogP contribution in [0.15, 0.2) is 54.7 Å².